The molecule has 0 heterocycles. The molecule has 94 valence electrons. The molecule has 1 aromatic carbocycles. The highest BCUT2D eigenvalue weighted by atomic mass is 79.9. The minimum Gasteiger partial charge on any atom is -0.398 e. The number of hydrogen-bond acceptors (Lipinski definition) is 3. The highest BCUT2D eigenvalue weighted by Crippen LogP contribution is 2.23. The van der Waals surface area contributed by atoms with E-state index in [-0.39, 0.29) is 5.91 Å². The van der Waals surface area contributed by atoms with Gasteiger partial charge in [0.15, 0.2) is 0 Å². The lowest BCUT2D eigenvalue weighted by atomic mass is 10.1. The van der Waals surface area contributed by atoms with Gasteiger partial charge in [-0.05, 0) is 30.9 Å². The van der Waals surface area contributed by atoms with Gasteiger partial charge in [0.25, 0.3) is 5.91 Å². The second-order valence-corrected chi connectivity index (χ2v) is 5.79. The van der Waals surface area contributed by atoms with E-state index in [1.165, 1.54) is 0 Å². The third kappa shape index (κ3) is 3.64. The first-order valence-electron chi connectivity index (χ1n) is 5.27. The molecule has 5 heteroatoms. The maximum Gasteiger partial charge on any atom is 0.254 e. The molecule has 0 saturated carbocycles. The van der Waals surface area contributed by atoms with Crippen LogP contribution in [0.2, 0.25) is 0 Å². The molecule has 0 unspecified atom stereocenters. The molecule has 0 bridgehead atoms. The van der Waals surface area contributed by atoms with Gasteiger partial charge in [-0.15, -0.1) is 0 Å². The Morgan fingerprint density at radius 2 is 2.18 bits per heavy atom. The molecule has 0 saturated heterocycles. The van der Waals surface area contributed by atoms with Gasteiger partial charge < -0.3 is 10.6 Å². The fourth-order valence-electron chi connectivity index (χ4n) is 1.46. The number of halogens is 1. The zero-order valence-corrected chi connectivity index (χ0v) is 12.7. The summed E-state index contributed by atoms with van der Waals surface area (Å²) in [4.78, 5) is 13.9. The maximum absolute atomic E-state index is 12.2. The molecule has 1 amide bonds. The van der Waals surface area contributed by atoms with Crippen LogP contribution < -0.4 is 5.73 Å². The number of rotatable bonds is 4. The monoisotopic (exact) mass is 316 g/mol. The van der Waals surface area contributed by atoms with Crippen molar-refractivity contribution in [2.45, 2.75) is 6.92 Å². The van der Waals surface area contributed by atoms with Crippen LogP contribution in [-0.4, -0.2) is 36.4 Å². The van der Waals surface area contributed by atoms with Gasteiger partial charge in [0.1, 0.15) is 0 Å². The second kappa shape index (κ2) is 6.31. The van der Waals surface area contributed by atoms with Gasteiger partial charge in [-0.25, -0.2) is 0 Å². The normalized spacial score (nSPS) is 10.4. The molecule has 3 nitrogen and oxygen atoms in total. The highest BCUT2D eigenvalue weighted by molar-refractivity contribution is 9.10. The standard InChI is InChI=1S/C12H17BrN2OS/c1-8-10(6-9(13)7-11(8)14)12(16)15(2)4-5-17-3/h6-7H,4-5,14H2,1-3H3. The molecule has 0 aliphatic carbocycles. The maximum atomic E-state index is 12.2. The average molecular weight is 317 g/mol. The highest BCUT2D eigenvalue weighted by Gasteiger charge is 2.15. The number of nitrogens with two attached hydrogens (primary N) is 1. The number of hydrogen-bond donors (Lipinski definition) is 1. The molecule has 0 aromatic heterocycles. The van der Waals surface area contributed by atoms with E-state index in [4.69, 9.17) is 5.73 Å². The van der Waals surface area contributed by atoms with E-state index in [1.54, 1.807) is 16.7 Å². The predicted octanol–water partition coefficient (Wildman–Crippen LogP) is 2.77. The molecule has 17 heavy (non-hydrogen) atoms. The van der Waals surface area contributed by atoms with Crippen LogP contribution in [0.25, 0.3) is 0 Å². The lowest BCUT2D eigenvalue weighted by molar-refractivity contribution is 0.0803. The fraction of sp³-hybridized carbons (Fsp3) is 0.417. The van der Waals surface area contributed by atoms with Gasteiger partial charge in [-0.2, -0.15) is 11.8 Å². The van der Waals surface area contributed by atoms with Gasteiger partial charge in [-0.3, -0.25) is 4.79 Å². The largest absolute Gasteiger partial charge is 0.398 e. The van der Waals surface area contributed by atoms with E-state index < -0.39 is 0 Å². The van der Waals surface area contributed by atoms with Crippen molar-refractivity contribution in [3.8, 4) is 0 Å². The Bertz CT molecular complexity index is 423. The van der Waals surface area contributed by atoms with Crippen LogP contribution in [-0.2, 0) is 0 Å². The molecule has 2 N–H and O–H groups in total. The van der Waals surface area contributed by atoms with Crippen molar-refractivity contribution in [2.24, 2.45) is 0 Å². The Hall–Kier alpha value is -0.680. The summed E-state index contributed by atoms with van der Waals surface area (Å²) in [5.74, 6) is 0.953. The van der Waals surface area contributed by atoms with E-state index in [0.29, 0.717) is 11.3 Å². The predicted molar refractivity (Wildman–Crippen MR) is 78.6 cm³/mol. The summed E-state index contributed by atoms with van der Waals surface area (Å²) in [5.41, 5.74) is 8.00. The molecule has 0 spiro atoms. The summed E-state index contributed by atoms with van der Waals surface area (Å²) < 4.78 is 0.835. The molecule has 0 fully saturated rings. The van der Waals surface area contributed by atoms with Crippen LogP contribution in [0.1, 0.15) is 15.9 Å². The fourth-order valence-corrected chi connectivity index (χ4v) is 2.39. The van der Waals surface area contributed by atoms with E-state index >= 15 is 0 Å². The smallest absolute Gasteiger partial charge is 0.254 e. The number of nitrogen functional groups attached to an aromatic ring is 1. The van der Waals surface area contributed by atoms with Gasteiger partial charge in [0.2, 0.25) is 0 Å². The van der Waals surface area contributed by atoms with Crippen LogP contribution in [0.4, 0.5) is 5.69 Å². The lowest BCUT2D eigenvalue weighted by Crippen LogP contribution is -2.29. The first-order valence-corrected chi connectivity index (χ1v) is 7.46. The summed E-state index contributed by atoms with van der Waals surface area (Å²) in [6.07, 6.45) is 2.03. The topological polar surface area (TPSA) is 46.3 Å². The zero-order valence-electron chi connectivity index (χ0n) is 10.3. The minimum atomic E-state index is 0.0181. The van der Waals surface area contributed by atoms with E-state index in [2.05, 4.69) is 15.9 Å². The van der Waals surface area contributed by atoms with Crippen LogP contribution in [0, 0.1) is 6.92 Å². The van der Waals surface area contributed by atoms with Gasteiger partial charge in [-0.1, -0.05) is 15.9 Å². The summed E-state index contributed by atoms with van der Waals surface area (Å²) in [6.45, 7) is 2.61. The minimum absolute atomic E-state index is 0.0181. The number of carbonyl (C=O) groups excluding carboxylic acids is 1. The van der Waals surface area contributed by atoms with Crippen molar-refractivity contribution < 1.29 is 4.79 Å². The van der Waals surface area contributed by atoms with Crippen molar-refractivity contribution in [3.05, 3.63) is 27.7 Å². The van der Waals surface area contributed by atoms with Crippen LogP contribution in [0.15, 0.2) is 16.6 Å². The number of carbonyl (C=O) groups is 1. The molecule has 0 radical (unpaired) electrons. The number of anilines is 1. The molecule has 0 aliphatic heterocycles. The Morgan fingerprint density at radius 1 is 1.53 bits per heavy atom. The lowest BCUT2D eigenvalue weighted by Gasteiger charge is -2.18. The Morgan fingerprint density at radius 3 is 2.76 bits per heavy atom. The van der Waals surface area contributed by atoms with Gasteiger partial charge >= 0.3 is 0 Å². The van der Waals surface area contributed by atoms with Crippen LogP contribution >= 0.6 is 27.7 Å². The summed E-state index contributed by atoms with van der Waals surface area (Å²) in [5, 5.41) is 0. The van der Waals surface area contributed by atoms with Crippen molar-refractivity contribution >= 4 is 39.3 Å². The number of amides is 1. The third-order valence-electron chi connectivity index (χ3n) is 2.62. The number of nitrogens with zero attached hydrogens (tertiary/aromatic N) is 1. The van der Waals surface area contributed by atoms with Gasteiger partial charge in [0.05, 0.1) is 0 Å². The molecular weight excluding hydrogens is 300 g/mol. The molecule has 1 rings (SSSR count). The van der Waals surface area contributed by atoms with Crippen molar-refractivity contribution in [1.29, 1.82) is 0 Å². The Kier molecular flexibility index (Phi) is 5.33. The molecular formula is C12H17BrN2OS. The van der Waals surface area contributed by atoms with E-state index in [9.17, 15) is 4.79 Å². The van der Waals surface area contributed by atoms with Crippen LogP contribution in [0.5, 0.6) is 0 Å². The molecule has 1 aromatic rings. The Balaban J connectivity index is 2.96. The summed E-state index contributed by atoms with van der Waals surface area (Å²) in [7, 11) is 1.81. The second-order valence-electron chi connectivity index (χ2n) is 3.89. The van der Waals surface area contributed by atoms with Crippen molar-refractivity contribution in [2.75, 3.05) is 31.3 Å². The van der Waals surface area contributed by atoms with Crippen molar-refractivity contribution in [1.82, 2.24) is 4.90 Å². The molecule has 0 atom stereocenters. The number of thioether (sulfide) groups is 1. The Labute approximate surface area is 115 Å². The first kappa shape index (κ1) is 14.4. The third-order valence-corrected chi connectivity index (χ3v) is 3.67. The van der Waals surface area contributed by atoms with E-state index in [0.717, 1.165) is 22.3 Å². The van der Waals surface area contributed by atoms with Crippen LogP contribution in [0.3, 0.4) is 0 Å². The zero-order chi connectivity index (χ0) is 13.0. The number of benzene rings is 1. The van der Waals surface area contributed by atoms with Crippen molar-refractivity contribution in [3.63, 3.8) is 0 Å². The van der Waals surface area contributed by atoms with E-state index in [1.807, 2.05) is 32.4 Å². The summed E-state index contributed by atoms with van der Waals surface area (Å²) in [6, 6.07) is 3.64. The average Bonchev–Trinajstić information content (AvgIpc) is 2.29. The quantitative estimate of drug-likeness (QED) is 0.869. The first-order chi connectivity index (χ1) is 7.97. The molecule has 0 aliphatic rings. The van der Waals surface area contributed by atoms with Gasteiger partial charge in [0, 0.05) is 35.1 Å². The summed E-state index contributed by atoms with van der Waals surface area (Å²) >= 11 is 5.09. The SMILES string of the molecule is CSCCN(C)C(=O)c1cc(Br)cc(N)c1C.